The van der Waals surface area contributed by atoms with Crippen LogP contribution in [0.25, 0.3) is 5.76 Å². The molecule has 1 aromatic rings. The van der Waals surface area contributed by atoms with E-state index >= 15 is 0 Å². The Morgan fingerprint density at radius 2 is 1.81 bits per heavy atom. The Kier molecular flexibility index (Phi) is 3.91. The van der Waals surface area contributed by atoms with Crippen molar-refractivity contribution < 1.29 is 4.43 Å². The molecule has 0 bridgehead atoms. The summed E-state index contributed by atoms with van der Waals surface area (Å²) in [5, 5.41) is 8.72. The van der Waals surface area contributed by atoms with Crippen molar-refractivity contribution in [2.45, 2.75) is 26.6 Å². The van der Waals surface area contributed by atoms with Crippen LogP contribution in [0.4, 0.5) is 0 Å². The molecule has 0 aliphatic heterocycles. The maximum atomic E-state index is 8.72. The number of rotatable bonds is 3. The van der Waals surface area contributed by atoms with Gasteiger partial charge in [0.25, 0.3) is 0 Å². The van der Waals surface area contributed by atoms with Crippen LogP contribution in [0, 0.1) is 11.3 Å². The summed E-state index contributed by atoms with van der Waals surface area (Å²) < 4.78 is 5.96. The van der Waals surface area contributed by atoms with Crippen LogP contribution in [0.3, 0.4) is 0 Å². The monoisotopic (exact) mass is 231 g/mol. The van der Waals surface area contributed by atoms with Gasteiger partial charge in [0.2, 0.25) is 8.32 Å². The van der Waals surface area contributed by atoms with Crippen LogP contribution in [0.5, 0.6) is 0 Å². The molecule has 0 amide bonds. The minimum Gasteiger partial charge on any atom is -0.544 e. The average Bonchev–Trinajstić information content (AvgIpc) is 2.25. The van der Waals surface area contributed by atoms with Crippen LogP contribution in [-0.2, 0) is 4.43 Å². The van der Waals surface area contributed by atoms with Gasteiger partial charge in [0.05, 0.1) is 11.6 Å². The second kappa shape index (κ2) is 5.00. The summed E-state index contributed by atoms with van der Waals surface area (Å²) in [4.78, 5) is 0. The van der Waals surface area contributed by atoms with E-state index in [0.29, 0.717) is 5.56 Å². The predicted molar refractivity (Wildman–Crippen MR) is 69.2 cm³/mol. The van der Waals surface area contributed by atoms with Crippen LogP contribution in [0.2, 0.25) is 19.6 Å². The van der Waals surface area contributed by atoms with Crippen molar-refractivity contribution in [3.63, 3.8) is 0 Å². The second-order valence-electron chi connectivity index (χ2n) is 4.56. The van der Waals surface area contributed by atoms with Gasteiger partial charge in [-0.3, -0.25) is 0 Å². The van der Waals surface area contributed by atoms with Crippen molar-refractivity contribution in [2.75, 3.05) is 0 Å². The maximum Gasteiger partial charge on any atom is 0.242 e. The Hall–Kier alpha value is -1.53. The molecule has 0 atom stereocenters. The molecule has 0 unspecified atom stereocenters. The van der Waals surface area contributed by atoms with Gasteiger partial charge in [-0.15, -0.1) is 0 Å². The molecule has 0 saturated heterocycles. The first-order chi connectivity index (χ1) is 7.46. The number of benzene rings is 1. The average molecular weight is 231 g/mol. The van der Waals surface area contributed by atoms with E-state index in [1.54, 1.807) is 0 Å². The number of allylic oxidation sites excluding steroid dienone is 1. The normalized spacial score (nSPS) is 12.1. The Morgan fingerprint density at radius 1 is 1.25 bits per heavy atom. The zero-order valence-electron chi connectivity index (χ0n) is 10.2. The predicted octanol–water partition coefficient (Wildman–Crippen LogP) is 3.77. The van der Waals surface area contributed by atoms with E-state index in [0.717, 1.165) is 11.3 Å². The van der Waals surface area contributed by atoms with Crippen molar-refractivity contribution in [1.29, 1.82) is 5.26 Å². The van der Waals surface area contributed by atoms with Crippen LogP contribution in [0.1, 0.15) is 18.1 Å². The summed E-state index contributed by atoms with van der Waals surface area (Å²) in [6, 6.07) is 9.58. The van der Waals surface area contributed by atoms with Crippen molar-refractivity contribution in [2.24, 2.45) is 0 Å². The molecule has 0 aliphatic carbocycles. The molecule has 1 aromatic carbocycles. The summed E-state index contributed by atoms with van der Waals surface area (Å²) >= 11 is 0. The van der Waals surface area contributed by atoms with Crippen LogP contribution in [0.15, 0.2) is 30.3 Å². The van der Waals surface area contributed by atoms with Gasteiger partial charge in [-0.1, -0.05) is 12.1 Å². The molecule has 84 valence electrons. The third-order valence-corrected chi connectivity index (χ3v) is 2.81. The van der Waals surface area contributed by atoms with E-state index in [2.05, 4.69) is 25.7 Å². The first kappa shape index (κ1) is 12.5. The summed E-state index contributed by atoms with van der Waals surface area (Å²) in [7, 11) is -1.58. The molecular weight excluding hydrogens is 214 g/mol. The number of hydrogen-bond acceptors (Lipinski definition) is 2. The van der Waals surface area contributed by atoms with E-state index in [1.165, 1.54) is 0 Å². The van der Waals surface area contributed by atoms with Crippen molar-refractivity contribution in [1.82, 2.24) is 0 Å². The molecule has 0 heterocycles. The fourth-order valence-electron chi connectivity index (χ4n) is 1.32. The third-order valence-electron chi connectivity index (χ3n) is 1.98. The van der Waals surface area contributed by atoms with E-state index < -0.39 is 8.32 Å². The molecule has 16 heavy (non-hydrogen) atoms. The topological polar surface area (TPSA) is 33.0 Å². The number of nitriles is 1. The number of nitrogens with zero attached hydrogens (tertiary/aromatic N) is 1. The molecule has 0 radical (unpaired) electrons. The van der Waals surface area contributed by atoms with Crippen LogP contribution < -0.4 is 0 Å². The quantitative estimate of drug-likeness (QED) is 0.586. The molecule has 0 spiro atoms. The fourth-order valence-corrected chi connectivity index (χ4v) is 2.22. The molecule has 2 nitrogen and oxygen atoms in total. The van der Waals surface area contributed by atoms with Gasteiger partial charge in [-0.25, -0.2) is 0 Å². The minimum atomic E-state index is -1.58. The zero-order chi connectivity index (χ0) is 12.2. The summed E-state index contributed by atoms with van der Waals surface area (Å²) in [5.74, 6) is 0.906. The lowest BCUT2D eigenvalue weighted by Gasteiger charge is -2.21. The summed E-state index contributed by atoms with van der Waals surface area (Å²) in [6.45, 7) is 8.42. The molecule has 0 aromatic heterocycles. The van der Waals surface area contributed by atoms with Gasteiger partial charge in [0, 0.05) is 5.56 Å². The highest BCUT2D eigenvalue weighted by molar-refractivity contribution is 6.70. The van der Waals surface area contributed by atoms with Gasteiger partial charge < -0.3 is 4.43 Å². The molecule has 3 heteroatoms. The van der Waals surface area contributed by atoms with Gasteiger partial charge >= 0.3 is 0 Å². The smallest absolute Gasteiger partial charge is 0.242 e. The highest BCUT2D eigenvalue weighted by atomic mass is 28.4. The zero-order valence-corrected chi connectivity index (χ0v) is 11.2. The van der Waals surface area contributed by atoms with E-state index in [-0.39, 0.29) is 0 Å². The maximum absolute atomic E-state index is 8.72. The van der Waals surface area contributed by atoms with Gasteiger partial charge in [0.1, 0.15) is 5.76 Å². The second-order valence-corrected chi connectivity index (χ2v) is 8.99. The first-order valence-electron chi connectivity index (χ1n) is 5.32. The number of hydrogen-bond donors (Lipinski definition) is 0. The molecule has 1 rings (SSSR count). The van der Waals surface area contributed by atoms with E-state index in [4.69, 9.17) is 9.69 Å². The van der Waals surface area contributed by atoms with Gasteiger partial charge in [-0.05, 0) is 44.8 Å². The van der Waals surface area contributed by atoms with E-state index in [9.17, 15) is 0 Å². The largest absolute Gasteiger partial charge is 0.544 e. The molecule has 0 fully saturated rings. The molecular formula is C13H17NOSi. The van der Waals surface area contributed by atoms with Crippen LogP contribution >= 0.6 is 0 Å². The molecule has 0 aliphatic rings. The van der Waals surface area contributed by atoms with Gasteiger partial charge in [-0.2, -0.15) is 5.26 Å². The standard InChI is InChI=1S/C13H17NOSi/c1-5-13(15-16(2,3)4)12-8-6-11(10-14)7-9-12/h5-9H,1-4H3/b13-5-. The van der Waals surface area contributed by atoms with Crippen molar-refractivity contribution in [3.05, 3.63) is 41.5 Å². The SMILES string of the molecule is C/C=C(\O[Si](C)(C)C)c1ccc(C#N)cc1. The fraction of sp³-hybridized carbons (Fsp3) is 0.308. The Bertz CT molecular complexity index is 421. The first-order valence-corrected chi connectivity index (χ1v) is 8.73. The lowest BCUT2D eigenvalue weighted by atomic mass is 10.1. The molecule has 0 saturated carbocycles. The van der Waals surface area contributed by atoms with Crippen LogP contribution in [-0.4, -0.2) is 8.32 Å². The Labute approximate surface area is 98.3 Å². The molecule has 0 N–H and O–H groups in total. The minimum absolute atomic E-state index is 0.673. The lowest BCUT2D eigenvalue weighted by Crippen LogP contribution is -2.24. The highest BCUT2D eigenvalue weighted by Crippen LogP contribution is 2.21. The van der Waals surface area contributed by atoms with Crippen molar-refractivity contribution >= 4 is 14.1 Å². The highest BCUT2D eigenvalue weighted by Gasteiger charge is 2.18. The Balaban J connectivity index is 2.94. The summed E-state index contributed by atoms with van der Waals surface area (Å²) in [6.07, 6.45) is 1.97. The van der Waals surface area contributed by atoms with Crippen molar-refractivity contribution in [3.8, 4) is 6.07 Å². The Morgan fingerprint density at radius 3 is 2.19 bits per heavy atom. The van der Waals surface area contributed by atoms with Gasteiger partial charge in [0.15, 0.2) is 0 Å². The lowest BCUT2D eigenvalue weighted by molar-refractivity contribution is 0.513. The third kappa shape index (κ3) is 3.56. The summed E-state index contributed by atoms with van der Waals surface area (Å²) in [5.41, 5.74) is 1.70. The van der Waals surface area contributed by atoms with E-state index in [1.807, 2.05) is 37.3 Å².